The molecule has 0 fully saturated rings. The molecule has 0 unspecified atom stereocenters. The van der Waals surface area contributed by atoms with Crippen molar-refractivity contribution in [2.75, 3.05) is 0 Å². The first-order chi connectivity index (χ1) is 9.67. The topological polar surface area (TPSA) is 54.5 Å². The molecule has 0 aliphatic rings. The van der Waals surface area contributed by atoms with Crippen LogP contribution in [0.4, 0.5) is 0 Å². The minimum Gasteiger partial charge on any atom is -0.240 e. The second kappa shape index (κ2) is 5.12. The molecule has 0 atom stereocenters. The Kier molecular flexibility index (Phi) is 3.31. The third-order valence-electron chi connectivity index (χ3n) is 2.94. The molecule has 0 bridgehead atoms. The van der Waals surface area contributed by atoms with Crippen molar-refractivity contribution < 1.29 is 0 Å². The average molecular weight is 303 g/mol. The second-order valence-corrected chi connectivity index (χ2v) is 5.13. The lowest BCUT2D eigenvalue weighted by Crippen LogP contribution is -2.02. The van der Waals surface area contributed by atoms with E-state index in [1.54, 1.807) is 22.9 Å². The summed E-state index contributed by atoms with van der Waals surface area (Å²) in [6, 6.07) is 12.9. The van der Waals surface area contributed by atoms with Crippen LogP contribution in [0.25, 0.3) is 11.0 Å². The van der Waals surface area contributed by atoms with Crippen LogP contribution in [0.5, 0.6) is 0 Å². The largest absolute Gasteiger partial charge is 0.240 e. The minimum atomic E-state index is 0.456. The standard InChI is InChI=1S/C14H8Cl2N4/c15-11-5-13-14(6-12(11)16)20(19-18-13)8-10-3-1-2-9(4-10)7-17/h1-6H,8H2. The maximum Gasteiger partial charge on any atom is 0.114 e. The smallest absolute Gasteiger partial charge is 0.114 e. The second-order valence-electron chi connectivity index (χ2n) is 4.31. The number of nitrogens with zero attached hydrogens (tertiary/aromatic N) is 4. The average Bonchev–Trinajstić information content (AvgIpc) is 2.82. The molecule has 0 amide bonds. The molecular weight excluding hydrogens is 295 g/mol. The number of benzene rings is 2. The van der Waals surface area contributed by atoms with Crippen molar-refractivity contribution in [2.24, 2.45) is 0 Å². The molecule has 0 saturated heterocycles. The van der Waals surface area contributed by atoms with E-state index in [-0.39, 0.29) is 0 Å². The monoisotopic (exact) mass is 302 g/mol. The van der Waals surface area contributed by atoms with Crippen LogP contribution < -0.4 is 0 Å². The van der Waals surface area contributed by atoms with Gasteiger partial charge in [-0.3, -0.25) is 0 Å². The number of aromatic nitrogens is 3. The Morgan fingerprint density at radius 1 is 1.15 bits per heavy atom. The molecule has 0 aliphatic carbocycles. The van der Waals surface area contributed by atoms with Gasteiger partial charge in [0.1, 0.15) is 5.52 Å². The van der Waals surface area contributed by atoms with E-state index in [0.717, 1.165) is 11.1 Å². The molecule has 0 aliphatic heterocycles. The minimum absolute atomic E-state index is 0.456. The van der Waals surface area contributed by atoms with Crippen molar-refractivity contribution in [1.29, 1.82) is 5.26 Å². The molecule has 0 spiro atoms. The number of rotatable bonds is 2. The number of hydrogen-bond acceptors (Lipinski definition) is 3. The van der Waals surface area contributed by atoms with Crippen LogP contribution in [0.2, 0.25) is 10.0 Å². The first-order valence-corrected chi connectivity index (χ1v) is 6.60. The summed E-state index contributed by atoms with van der Waals surface area (Å²) in [5.74, 6) is 0. The van der Waals surface area contributed by atoms with Gasteiger partial charge in [-0.2, -0.15) is 5.26 Å². The van der Waals surface area contributed by atoms with E-state index < -0.39 is 0 Å². The predicted octanol–water partition coefficient (Wildman–Crippen LogP) is 3.66. The van der Waals surface area contributed by atoms with Crippen LogP contribution in [-0.4, -0.2) is 15.0 Å². The molecule has 3 aromatic rings. The van der Waals surface area contributed by atoms with E-state index in [1.807, 2.05) is 18.2 Å². The molecule has 4 nitrogen and oxygen atoms in total. The van der Waals surface area contributed by atoms with Gasteiger partial charge in [0.15, 0.2) is 0 Å². The van der Waals surface area contributed by atoms with Crippen molar-refractivity contribution in [3.05, 3.63) is 57.6 Å². The van der Waals surface area contributed by atoms with Crippen LogP contribution in [0.1, 0.15) is 11.1 Å². The van der Waals surface area contributed by atoms with Crippen LogP contribution in [0.3, 0.4) is 0 Å². The van der Waals surface area contributed by atoms with Gasteiger partial charge < -0.3 is 0 Å². The molecule has 1 heterocycles. The molecule has 3 rings (SSSR count). The van der Waals surface area contributed by atoms with Crippen molar-refractivity contribution in [2.45, 2.75) is 6.54 Å². The van der Waals surface area contributed by atoms with Crippen LogP contribution in [0, 0.1) is 11.3 Å². The Bertz CT molecular complexity index is 833. The van der Waals surface area contributed by atoms with E-state index >= 15 is 0 Å². The van der Waals surface area contributed by atoms with E-state index in [9.17, 15) is 0 Å². The Morgan fingerprint density at radius 2 is 1.95 bits per heavy atom. The number of nitriles is 1. The van der Waals surface area contributed by atoms with Crippen molar-refractivity contribution in [1.82, 2.24) is 15.0 Å². The molecule has 0 N–H and O–H groups in total. The molecule has 20 heavy (non-hydrogen) atoms. The SMILES string of the molecule is N#Cc1cccc(Cn2nnc3cc(Cl)c(Cl)cc32)c1. The summed E-state index contributed by atoms with van der Waals surface area (Å²) in [6.45, 7) is 0.518. The summed E-state index contributed by atoms with van der Waals surface area (Å²) >= 11 is 12.0. The highest BCUT2D eigenvalue weighted by atomic mass is 35.5. The highest BCUT2D eigenvalue weighted by Crippen LogP contribution is 2.26. The van der Waals surface area contributed by atoms with Crippen molar-refractivity contribution in [3.8, 4) is 6.07 Å². The maximum absolute atomic E-state index is 8.91. The number of halogens is 2. The lowest BCUT2D eigenvalue weighted by molar-refractivity contribution is 0.669. The van der Waals surface area contributed by atoms with Crippen molar-refractivity contribution >= 4 is 34.2 Å². The Labute approximate surface area is 125 Å². The molecule has 2 aromatic carbocycles. The molecule has 0 saturated carbocycles. The fraction of sp³-hybridized carbons (Fsp3) is 0.0714. The summed E-state index contributed by atoms with van der Waals surface area (Å²) in [6.07, 6.45) is 0. The molecule has 1 aromatic heterocycles. The quantitative estimate of drug-likeness (QED) is 0.726. The zero-order valence-corrected chi connectivity index (χ0v) is 11.7. The summed E-state index contributed by atoms with van der Waals surface area (Å²) in [7, 11) is 0. The van der Waals surface area contributed by atoms with E-state index in [4.69, 9.17) is 28.5 Å². The predicted molar refractivity (Wildman–Crippen MR) is 77.8 cm³/mol. The molecule has 6 heteroatoms. The highest BCUT2D eigenvalue weighted by molar-refractivity contribution is 6.42. The van der Waals surface area contributed by atoms with Crippen LogP contribution in [-0.2, 0) is 6.54 Å². The highest BCUT2D eigenvalue weighted by Gasteiger charge is 2.09. The maximum atomic E-state index is 8.91. The van der Waals surface area contributed by atoms with Crippen LogP contribution >= 0.6 is 23.2 Å². The Balaban J connectivity index is 2.02. The van der Waals surface area contributed by atoms with E-state index in [1.165, 1.54) is 0 Å². The molecular formula is C14H8Cl2N4. The van der Waals surface area contributed by atoms with Gasteiger partial charge in [-0.15, -0.1) is 5.10 Å². The van der Waals surface area contributed by atoms with Gasteiger partial charge in [0, 0.05) is 0 Å². The number of hydrogen-bond donors (Lipinski definition) is 0. The Hall–Kier alpha value is -2.09. The molecule has 98 valence electrons. The Morgan fingerprint density at radius 3 is 2.75 bits per heavy atom. The fourth-order valence-electron chi connectivity index (χ4n) is 1.99. The van der Waals surface area contributed by atoms with Gasteiger partial charge in [0.25, 0.3) is 0 Å². The summed E-state index contributed by atoms with van der Waals surface area (Å²) < 4.78 is 1.73. The van der Waals surface area contributed by atoms with Gasteiger partial charge in [0.2, 0.25) is 0 Å². The fourth-order valence-corrected chi connectivity index (χ4v) is 2.31. The van der Waals surface area contributed by atoms with Gasteiger partial charge in [-0.1, -0.05) is 40.5 Å². The first-order valence-electron chi connectivity index (χ1n) is 5.84. The van der Waals surface area contributed by atoms with Gasteiger partial charge in [-0.25, -0.2) is 4.68 Å². The normalized spacial score (nSPS) is 10.7. The zero-order valence-electron chi connectivity index (χ0n) is 10.2. The molecule has 0 radical (unpaired) electrons. The summed E-state index contributed by atoms with van der Waals surface area (Å²) in [5.41, 5.74) is 3.09. The van der Waals surface area contributed by atoms with E-state index in [0.29, 0.717) is 27.7 Å². The van der Waals surface area contributed by atoms with Gasteiger partial charge in [-0.05, 0) is 29.8 Å². The van der Waals surface area contributed by atoms with Gasteiger partial charge in [0.05, 0.1) is 33.7 Å². The summed E-state index contributed by atoms with van der Waals surface area (Å²) in [5, 5.41) is 18.0. The van der Waals surface area contributed by atoms with Gasteiger partial charge >= 0.3 is 0 Å². The van der Waals surface area contributed by atoms with E-state index in [2.05, 4.69) is 16.4 Å². The zero-order chi connectivity index (χ0) is 14.1. The van der Waals surface area contributed by atoms with Crippen LogP contribution in [0.15, 0.2) is 36.4 Å². The lowest BCUT2D eigenvalue weighted by atomic mass is 10.1. The third-order valence-corrected chi connectivity index (χ3v) is 3.67. The first kappa shape index (κ1) is 12.9. The lowest BCUT2D eigenvalue weighted by Gasteiger charge is -2.03. The van der Waals surface area contributed by atoms with Crippen molar-refractivity contribution in [3.63, 3.8) is 0 Å². The third kappa shape index (κ3) is 2.34. The number of fused-ring (bicyclic) bond motifs is 1. The summed E-state index contributed by atoms with van der Waals surface area (Å²) in [4.78, 5) is 0.